The number of nitrogens with zero attached hydrogens (tertiary/aromatic N) is 1. The van der Waals surface area contributed by atoms with Gasteiger partial charge < -0.3 is 15.3 Å². The van der Waals surface area contributed by atoms with Gasteiger partial charge in [-0.25, -0.2) is 0 Å². The van der Waals surface area contributed by atoms with Crippen molar-refractivity contribution >= 4 is 6.21 Å². The van der Waals surface area contributed by atoms with E-state index in [0.717, 1.165) is 5.75 Å². The van der Waals surface area contributed by atoms with Crippen molar-refractivity contribution in [3.8, 4) is 5.75 Å². The predicted molar refractivity (Wildman–Crippen MR) is 60.0 cm³/mol. The van der Waals surface area contributed by atoms with Gasteiger partial charge in [0.1, 0.15) is 5.75 Å². The zero-order valence-corrected chi connectivity index (χ0v) is 8.80. The molecule has 1 atom stereocenters. The number of hydrazone groups is 1. The highest BCUT2D eigenvalue weighted by atomic mass is 16.5. The molecular formula is C11H16N2O2. The van der Waals surface area contributed by atoms with Gasteiger partial charge in [-0.05, 0) is 19.1 Å². The first-order valence-corrected chi connectivity index (χ1v) is 4.89. The SMILES string of the molecule is CCOCC(C=NN)Oc1ccccc1. The maximum Gasteiger partial charge on any atom is 0.159 e. The first-order valence-electron chi connectivity index (χ1n) is 4.89. The minimum atomic E-state index is -0.239. The molecule has 2 N–H and O–H groups in total. The van der Waals surface area contributed by atoms with Crippen LogP contribution in [0.15, 0.2) is 35.4 Å². The molecule has 82 valence electrons. The molecule has 15 heavy (non-hydrogen) atoms. The van der Waals surface area contributed by atoms with Gasteiger partial charge in [0.25, 0.3) is 0 Å². The molecule has 0 bridgehead atoms. The molecule has 4 nitrogen and oxygen atoms in total. The third-order valence-electron chi connectivity index (χ3n) is 1.77. The third kappa shape index (κ3) is 4.46. The second kappa shape index (κ2) is 6.84. The Balaban J connectivity index is 2.50. The van der Waals surface area contributed by atoms with Crippen LogP contribution in [0.5, 0.6) is 5.75 Å². The van der Waals surface area contributed by atoms with Gasteiger partial charge in [0, 0.05) is 6.61 Å². The Labute approximate surface area is 89.7 Å². The van der Waals surface area contributed by atoms with Crippen LogP contribution in [-0.4, -0.2) is 25.5 Å². The molecule has 0 radical (unpaired) electrons. The Kier molecular flexibility index (Phi) is 5.25. The Morgan fingerprint density at radius 1 is 1.40 bits per heavy atom. The predicted octanol–water partition coefficient (Wildman–Crippen LogP) is 1.41. The molecule has 0 amide bonds. The lowest BCUT2D eigenvalue weighted by Gasteiger charge is -2.14. The summed E-state index contributed by atoms with van der Waals surface area (Å²) in [6.45, 7) is 3.03. The summed E-state index contributed by atoms with van der Waals surface area (Å²) in [4.78, 5) is 0. The number of nitrogens with two attached hydrogens (primary N) is 1. The van der Waals surface area contributed by atoms with E-state index in [4.69, 9.17) is 15.3 Å². The molecule has 0 saturated heterocycles. The number of ether oxygens (including phenoxy) is 2. The van der Waals surface area contributed by atoms with E-state index in [-0.39, 0.29) is 6.10 Å². The van der Waals surface area contributed by atoms with Crippen LogP contribution in [0.3, 0.4) is 0 Å². The smallest absolute Gasteiger partial charge is 0.159 e. The molecular weight excluding hydrogens is 192 g/mol. The van der Waals surface area contributed by atoms with Crippen LogP contribution < -0.4 is 10.6 Å². The first-order chi connectivity index (χ1) is 7.36. The highest BCUT2D eigenvalue weighted by Crippen LogP contribution is 2.10. The monoisotopic (exact) mass is 208 g/mol. The number of benzene rings is 1. The topological polar surface area (TPSA) is 56.8 Å². The fourth-order valence-electron chi connectivity index (χ4n) is 1.11. The Morgan fingerprint density at radius 3 is 2.73 bits per heavy atom. The lowest BCUT2D eigenvalue weighted by atomic mass is 10.3. The van der Waals surface area contributed by atoms with Crippen LogP contribution in [0.1, 0.15) is 6.92 Å². The van der Waals surface area contributed by atoms with Crippen LogP contribution in [-0.2, 0) is 4.74 Å². The zero-order valence-electron chi connectivity index (χ0n) is 8.80. The molecule has 0 aliphatic rings. The largest absolute Gasteiger partial charge is 0.482 e. The van der Waals surface area contributed by atoms with Gasteiger partial charge in [-0.15, -0.1) is 0 Å². The number of rotatable bonds is 6. The van der Waals surface area contributed by atoms with Crippen molar-refractivity contribution in [2.24, 2.45) is 10.9 Å². The van der Waals surface area contributed by atoms with Crippen molar-refractivity contribution in [3.05, 3.63) is 30.3 Å². The van der Waals surface area contributed by atoms with Crippen LogP contribution in [0.25, 0.3) is 0 Å². The summed E-state index contributed by atoms with van der Waals surface area (Å²) in [6, 6.07) is 9.51. The van der Waals surface area contributed by atoms with Crippen LogP contribution in [0, 0.1) is 0 Å². The summed E-state index contributed by atoms with van der Waals surface area (Å²) in [6.07, 6.45) is 1.29. The molecule has 0 fully saturated rings. The Morgan fingerprint density at radius 2 is 2.13 bits per heavy atom. The fraction of sp³-hybridized carbons (Fsp3) is 0.364. The fourth-order valence-corrected chi connectivity index (χ4v) is 1.11. The summed E-state index contributed by atoms with van der Waals surface area (Å²) in [7, 11) is 0. The van der Waals surface area contributed by atoms with E-state index in [2.05, 4.69) is 5.10 Å². The molecule has 1 rings (SSSR count). The molecule has 0 heterocycles. The van der Waals surface area contributed by atoms with Crippen molar-refractivity contribution in [1.82, 2.24) is 0 Å². The minimum Gasteiger partial charge on any atom is -0.482 e. The molecule has 1 unspecified atom stereocenters. The van der Waals surface area contributed by atoms with E-state index in [1.54, 1.807) is 0 Å². The van der Waals surface area contributed by atoms with Crippen molar-refractivity contribution in [3.63, 3.8) is 0 Å². The second-order valence-electron chi connectivity index (χ2n) is 2.93. The molecule has 4 heteroatoms. The van der Waals surface area contributed by atoms with Gasteiger partial charge >= 0.3 is 0 Å². The lowest BCUT2D eigenvalue weighted by molar-refractivity contribution is 0.0886. The van der Waals surface area contributed by atoms with Crippen LogP contribution in [0.4, 0.5) is 0 Å². The van der Waals surface area contributed by atoms with Gasteiger partial charge in [-0.3, -0.25) is 0 Å². The zero-order chi connectivity index (χ0) is 10.9. The average Bonchev–Trinajstić information content (AvgIpc) is 2.28. The Bertz CT molecular complexity index is 288. The van der Waals surface area contributed by atoms with E-state index < -0.39 is 0 Å². The van der Waals surface area contributed by atoms with E-state index in [0.29, 0.717) is 13.2 Å². The molecule has 0 spiro atoms. The highest BCUT2D eigenvalue weighted by Gasteiger charge is 2.06. The quantitative estimate of drug-likeness (QED) is 0.437. The molecule has 0 aromatic heterocycles. The molecule has 1 aromatic carbocycles. The molecule has 1 aromatic rings. The van der Waals surface area contributed by atoms with Crippen molar-refractivity contribution in [2.75, 3.05) is 13.2 Å². The summed E-state index contributed by atoms with van der Waals surface area (Å²) in [5.41, 5.74) is 0. The maximum atomic E-state index is 5.60. The Hall–Kier alpha value is -1.55. The summed E-state index contributed by atoms with van der Waals surface area (Å²) in [5.74, 6) is 5.87. The number of hydrogen-bond acceptors (Lipinski definition) is 4. The van der Waals surface area contributed by atoms with Crippen molar-refractivity contribution < 1.29 is 9.47 Å². The normalized spacial score (nSPS) is 12.9. The molecule has 0 aliphatic carbocycles. The lowest BCUT2D eigenvalue weighted by Crippen LogP contribution is -2.25. The minimum absolute atomic E-state index is 0.239. The van der Waals surface area contributed by atoms with Gasteiger partial charge in [-0.2, -0.15) is 5.10 Å². The van der Waals surface area contributed by atoms with Gasteiger partial charge in [-0.1, -0.05) is 18.2 Å². The van der Waals surface area contributed by atoms with E-state index in [1.165, 1.54) is 6.21 Å². The summed E-state index contributed by atoms with van der Waals surface area (Å²) >= 11 is 0. The van der Waals surface area contributed by atoms with Gasteiger partial charge in [0.05, 0.1) is 12.8 Å². The van der Waals surface area contributed by atoms with Gasteiger partial charge in [0.15, 0.2) is 6.10 Å². The standard InChI is InChI=1S/C11H16N2O2/c1-2-14-9-11(8-13-12)15-10-6-4-3-5-7-10/h3-8,11H,2,9,12H2,1H3. The van der Waals surface area contributed by atoms with Gasteiger partial charge in [0.2, 0.25) is 0 Å². The molecule has 0 saturated carbocycles. The third-order valence-corrected chi connectivity index (χ3v) is 1.77. The average molecular weight is 208 g/mol. The van der Waals surface area contributed by atoms with E-state index >= 15 is 0 Å². The van der Waals surface area contributed by atoms with Crippen molar-refractivity contribution in [2.45, 2.75) is 13.0 Å². The maximum absolute atomic E-state index is 5.60. The van der Waals surface area contributed by atoms with E-state index in [1.807, 2.05) is 37.3 Å². The summed E-state index contributed by atoms with van der Waals surface area (Å²) in [5, 5.41) is 3.46. The summed E-state index contributed by atoms with van der Waals surface area (Å²) < 4.78 is 10.9. The highest BCUT2D eigenvalue weighted by molar-refractivity contribution is 5.63. The molecule has 0 aliphatic heterocycles. The first kappa shape index (κ1) is 11.5. The van der Waals surface area contributed by atoms with E-state index in [9.17, 15) is 0 Å². The van der Waals surface area contributed by atoms with Crippen LogP contribution in [0.2, 0.25) is 0 Å². The second-order valence-corrected chi connectivity index (χ2v) is 2.93. The number of para-hydroxylation sites is 1. The van der Waals surface area contributed by atoms with Crippen molar-refractivity contribution in [1.29, 1.82) is 0 Å². The van der Waals surface area contributed by atoms with Crippen LogP contribution >= 0.6 is 0 Å². The number of hydrogen-bond donors (Lipinski definition) is 1.